The Bertz CT molecular complexity index is 287. The Balaban J connectivity index is 4.85. The van der Waals surface area contributed by atoms with Crippen molar-refractivity contribution in [1.29, 1.82) is 0 Å². The third-order valence-electron chi connectivity index (χ3n) is 2.35. The van der Waals surface area contributed by atoms with Crippen molar-refractivity contribution in [2.24, 2.45) is 10.9 Å². The van der Waals surface area contributed by atoms with E-state index in [1.807, 2.05) is 6.92 Å². The van der Waals surface area contributed by atoms with E-state index in [2.05, 4.69) is 11.6 Å². The van der Waals surface area contributed by atoms with E-state index in [4.69, 9.17) is 0 Å². The minimum Gasteiger partial charge on any atom is -0.256 e. The number of allylic oxidation sites excluding steroid dienone is 2. The molecule has 0 aromatic rings. The van der Waals surface area contributed by atoms with Crippen LogP contribution in [0.4, 0.5) is 13.2 Å². The number of rotatable bonds is 5. The monoisotopic (exact) mass is 233 g/mol. The zero-order valence-electron chi connectivity index (χ0n) is 9.93. The molecule has 0 saturated carbocycles. The van der Waals surface area contributed by atoms with Gasteiger partial charge >= 0.3 is 6.18 Å². The first-order chi connectivity index (χ1) is 7.32. The van der Waals surface area contributed by atoms with E-state index in [0.29, 0.717) is 12.8 Å². The molecule has 0 aliphatic heterocycles. The second kappa shape index (κ2) is 6.51. The Morgan fingerprint density at radius 1 is 1.38 bits per heavy atom. The quantitative estimate of drug-likeness (QED) is 0.489. The maximum atomic E-state index is 12.6. The Hall–Kier alpha value is -1.06. The van der Waals surface area contributed by atoms with Gasteiger partial charge in [0, 0.05) is 12.1 Å². The van der Waals surface area contributed by atoms with Gasteiger partial charge in [0.1, 0.15) is 5.71 Å². The van der Waals surface area contributed by atoms with Crippen LogP contribution in [0.2, 0.25) is 0 Å². The maximum absolute atomic E-state index is 12.6. The fraction of sp³-hybridized carbons (Fsp3) is 0.583. The lowest BCUT2D eigenvalue weighted by atomic mass is 10.0. The molecule has 0 saturated heterocycles. The highest BCUT2D eigenvalue weighted by Crippen LogP contribution is 2.24. The van der Waals surface area contributed by atoms with Gasteiger partial charge in [0.05, 0.1) is 0 Å². The van der Waals surface area contributed by atoms with Crippen LogP contribution >= 0.6 is 0 Å². The summed E-state index contributed by atoms with van der Waals surface area (Å²) in [6, 6.07) is 0. The smallest absolute Gasteiger partial charge is 0.256 e. The molecule has 0 bridgehead atoms. The van der Waals surface area contributed by atoms with Gasteiger partial charge in [-0.1, -0.05) is 32.9 Å². The first-order valence-electron chi connectivity index (χ1n) is 5.32. The summed E-state index contributed by atoms with van der Waals surface area (Å²) in [7, 11) is 0. The van der Waals surface area contributed by atoms with Crippen molar-refractivity contribution < 1.29 is 13.2 Å². The van der Waals surface area contributed by atoms with Crippen molar-refractivity contribution in [1.82, 2.24) is 0 Å². The van der Waals surface area contributed by atoms with Gasteiger partial charge in [0.2, 0.25) is 0 Å². The summed E-state index contributed by atoms with van der Waals surface area (Å²) in [5, 5.41) is 0. The second-order valence-corrected chi connectivity index (χ2v) is 3.65. The first kappa shape index (κ1) is 14.9. The Morgan fingerprint density at radius 2 is 1.94 bits per heavy atom. The highest BCUT2D eigenvalue weighted by Gasteiger charge is 2.37. The molecule has 0 heterocycles. The molecule has 0 spiro atoms. The molecule has 0 aliphatic rings. The molecule has 4 heteroatoms. The van der Waals surface area contributed by atoms with Crippen molar-refractivity contribution in [3.8, 4) is 0 Å². The van der Waals surface area contributed by atoms with Crippen LogP contribution in [0.15, 0.2) is 29.4 Å². The lowest BCUT2D eigenvalue weighted by Crippen LogP contribution is -2.28. The van der Waals surface area contributed by atoms with Gasteiger partial charge in [0.15, 0.2) is 0 Å². The summed E-state index contributed by atoms with van der Waals surface area (Å²) in [6.45, 7) is 8.78. The lowest BCUT2D eigenvalue weighted by Gasteiger charge is -2.14. The highest BCUT2D eigenvalue weighted by molar-refractivity contribution is 5.92. The Labute approximate surface area is 94.8 Å². The van der Waals surface area contributed by atoms with Crippen LogP contribution < -0.4 is 0 Å². The largest absolute Gasteiger partial charge is 0.429 e. The van der Waals surface area contributed by atoms with E-state index in [-0.39, 0.29) is 0 Å². The molecular weight excluding hydrogens is 215 g/mol. The second-order valence-electron chi connectivity index (χ2n) is 3.65. The molecule has 0 aliphatic carbocycles. The Kier molecular flexibility index (Phi) is 6.08. The molecule has 0 radical (unpaired) electrons. The molecule has 1 atom stereocenters. The van der Waals surface area contributed by atoms with Crippen LogP contribution in [0, 0.1) is 5.92 Å². The molecule has 0 amide bonds. The summed E-state index contributed by atoms with van der Waals surface area (Å²) in [5.74, 6) is -0.584. The number of halogens is 3. The fourth-order valence-electron chi connectivity index (χ4n) is 1.01. The molecule has 0 fully saturated rings. The van der Waals surface area contributed by atoms with Gasteiger partial charge in [-0.05, 0) is 18.9 Å². The summed E-state index contributed by atoms with van der Waals surface area (Å²) in [5.41, 5.74) is 0.0320. The van der Waals surface area contributed by atoms with Crippen LogP contribution in [0.3, 0.4) is 0 Å². The fourth-order valence-corrected chi connectivity index (χ4v) is 1.01. The molecule has 0 aromatic heterocycles. The van der Waals surface area contributed by atoms with Crippen LogP contribution in [-0.4, -0.2) is 11.9 Å². The van der Waals surface area contributed by atoms with Crippen LogP contribution in [0.25, 0.3) is 0 Å². The molecule has 0 aromatic carbocycles. The standard InChI is InChI=1S/C12H18F3N/c1-5-9(3)7-8-16-11(10(4)6-2)12(13,14)15/h7-8,10H,3,5-6H2,1-2,4H3/b8-7-,16-11+. The minimum absolute atomic E-state index is 0.418. The zero-order chi connectivity index (χ0) is 12.8. The van der Waals surface area contributed by atoms with Gasteiger partial charge in [-0.2, -0.15) is 13.2 Å². The summed E-state index contributed by atoms with van der Waals surface area (Å²) in [4.78, 5) is 3.50. The molecule has 16 heavy (non-hydrogen) atoms. The molecular formula is C12H18F3N. The number of nitrogens with zero attached hydrogens (tertiary/aromatic N) is 1. The minimum atomic E-state index is -4.35. The topological polar surface area (TPSA) is 12.4 Å². The van der Waals surface area contributed by atoms with Crippen molar-refractivity contribution in [2.45, 2.75) is 39.8 Å². The van der Waals surface area contributed by atoms with Crippen molar-refractivity contribution in [3.63, 3.8) is 0 Å². The van der Waals surface area contributed by atoms with E-state index in [0.717, 1.165) is 5.57 Å². The Morgan fingerprint density at radius 3 is 2.31 bits per heavy atom. The van der Waals surface area contributed by atoms with Crippen LogP contribution in [-0.2, 0) is 0 Å². The van der Waals surface area contributed by atoms with E-state index in [1.54, 1.807) is 6.92 Å². The van der Waals surface area contributed by atoms with Gasteiger partial charge in [-0.25, -0.2) is 0 Å². The van der Waals surface area contributed by atoms with Gasteiger partial charge in [-0.3, -0.25) is 4.99 Å². The molecule has 0 rings (SSSR count). The van der Waals surface area contributed by atoms with Gasteiger partial charge in [0.25, 0.3) is 0 Å². The number of alkyl halides is 3. The van der Waals surface area contributed by atoms with Crippen LogP contribution in [0.5, 0.6) is 0 Å². The molecule has 1 nitrogen and oxygen atoms in total. The predicted octanol–water partition coefficient (Wildman–Crippen LogP) is 4.52. The van der Waals surface area contributed by atoms with E-state index in [9.17, 15) is 13.2 Å². The first-order valence-corrected chi connectivity index (χ1v) is 5.32. The van der Waals surface area contributed by atoms with E-state index >= 15 is 0 Å². The maximum Gasteiger partial charge on any atom is 0.429 e. The summed E-state index contributed by atoms with van der Waals surface area (Å²) < 4.78 is 37.7. The molecule has 1 unspecified atom stereocenters. The summed E-state index contributed by atoms with van der Waals surface area (Å²) >= 11 is 0. The van der Waals surface area contributed by atoms with Crippen LogP contribution in [0.1, 0.15) is 33.6 Å². The van der Waals surface area contributed by atoms with Crippen molar-refractivity contribution in [3.05, 3.63) is 24.4 Å². The highest BCUT2D eigenvalue weighted by atomic mass is 19.4. The van der Waals surface area contributed by atoms with Gasteiger partial charge in [-0.15, -0.1) is 0 Å². The lowest BCUT2D eigenvalue weighted by molar-refractivity contribution is -0.0626. The van der Waals surface area contributed by atoms with E-state index in [1.165, 1.54) is 19.2 Å². The zero-order valence-corrected chi connectivity index (χ0v) is 9.93. The van der Waals surface area contributed by atoms with Crippen molar-refractivity contribution >= 4 is 5.71 Å². The predicted molar refractivity (Wildman–Crippen MR) is 61.5 cm³/mol. The number of aliphatic imine (C=N–C) groups is 1. The average molecular weight is 233 g/mol. The van der Waals surface area contributed by atoms with E-state index < -0.39 is 17.8 Å². The van der Waals surface area contributed by atoms with Gasteiger partial charge < -0.3 is 0 Å². The van der Waals surface area contributed by atoms with Crippen molar-refractivity contribution in [2.75, 3.05) is 0 Å². The third kappa shape index (κ3) is 5.14. The number of hydrogen-bond donors (Lipinski definition) is 0. The number of hydrogen-bond acceptors (Lipinski definition) is 1. The normalized spacial score (nSPS) is 15.5. The molecule has 0 N–H and O–H groups in total. The SMILES string of the molecule is C=C(/C=C\N=C(/C(C)CC)C(F)(F)F)CC. The third-order valence-corrected chi connectivity index (χ3v) is 2.35. The average Bonchev–Trinajstić information content (AvgIpc) is 2.21. The molecule has 92 valence electrons. The summed E-state index contributed by atoms with van der Waals surface area (Å²) in [6.07, 6.45) is -0.542.